The third-order valence-electron chi connectivity index (χ3n) is 1.92. The van der Waals surface area contributed by atoms with Crippen molar-refractivity contribution in [2.75, 3.05) is 6.54 Å². The lowest BCUT2D eigenvalue weighted by molar-refractivity contribution is 0.937. The summed E-state index contributed by atoms with van der Waals surface area (Å²) in [6.07, 6.45) is 4.41. The predicted octanol–water partition coefficient (Wildman–Crippen LogP) is 2.14. The van der Waals surface area contributed by atoms with Crippen LogP contribution < -0.4 is 5.73 Å². The van der Waals surface area contributed by atoms with Crippen molar-refractivity contribution in [2.45, 2.75) is 6.42 Å². The second kappa shape index (κ2) is 3.77. The van der Waals surface area contributed by atoms with Crippen LogP contribution in [0, 0.1) is 0 Å². The Morgan fingerprint density at radius 3 is 2.86 bits per heavy atom. The monoisotopic (exact) mass is 229 g/mol. The highest BCUT2D eigenvalue weighted by Crippen LogP contribution is 2.21. The first-order valence-corrected chi connectivity index (χ1v) is 4.99. The van der Waals surface area contributed by atoms with Gasteiger partial charge in [-0.25, -0.2) is 4.98 Å². The Kier molecular flexibility index (Phi) is 2.63. The van der Waals surface area contributed by atoms with E-state index in [1.54, 1.807) is 12.3 Å². The summed E-state index contributed by atoms with van der Waals surface area (Å²) < 4.78 is 1.82. The van der Waals surface area contributed by atoms with E-state index in [-0.39, 0.29) is 0 Å². The summed E-state index contributed by atoms with van der Waals surface area (Å²) in [7, 11) is 0. The van der Waals surface area contributed by atoms with Gasteiger partial charge in [0.05, 0.1) is 15.7 Å². The van der Waals surface area contributed by atoms with Crippen molar-refractivity contribution in [1.82, 2.24) is 9.38 Å². The highest BCUT2D eigenvalue weighted by molar-refractivity contribution is 6.36. The predicted molar refractivity (Wildman–Crippen MR) is 58.0 cm³/mol. The van der Waals surface area contributed by atoms with E-state index in [0.717, 1.165) is 17.8 Å². The summed E-state index contributed by atoms with van der Waals surface area (Å²) in [5.74, 6) is 0. The number of imidazole rings is 1. The zero-order valence-electron chi connectivity index (χ0n) is 7.37. The molecule has 0 atom stereocenters. The van der Waals surface area contributed by atoms with Crippen molar-refractivity contribution < 1.29 is 0 Å². The number of nitrogens with zero attached hydrogens (tertiary/aromatic N) is 2. The number of pyridine rings is 1. The van der Waals surface area contributed by atoms with E-state index in [2.05, 4.69) is 4.98 Å². The Labute approximate surface area is 91.4 Å². The average molecular weight is 230 g/mol. The Hall–Kier alpha value is -0.770. The molecule has 0 aliphatic heterocycles. The number of rotatable bonds is 2. The molecule has 0 radical (unpaired) electrons. The number of fused-ring (bicyclic) bond motifs is 1. The second-order valence-electron chi connectivity index (χ2n) is 3.01. The zero-order valence-corrected chi connectivity index (χ0v) is 8.89. The molecule has 0 aliphatic carbocycles. The van der Waals surface area contributed by atoms with Gasteiger partial charge in [0.15, 0.2) is 5.65 Å². The van der Waals surface area contributed by atoms with Crippen LogP contribution in [-0.4, -0.2) is 15.9 Å². The van der Waals surface area contributed by atoms with Crippen molar-refractivity contribution in [3.8, 4) is 0 Å². The van der Waals surface area contributed by atoms with Gasteiger partial charge in [-0.3, -0.25) is 0 Å². The third-order valence-corrected chi connectivity index (χ3v) is 2.41. The maximum atomic E-state index is 5.98. The topological polar surface area (TPSA) is 43.3 Å². The molecule has 74 valence electrons. The molecule has 14 heavy (non-hydrogen) atoms. The van der Waals surface area contributed by atoms with Gasteiger partial charge < -0.3 is 10.1 Å². The summed E-state index contributed by atoms with van der Waals surface area (Å²) in [5, 5.41) is 1.15. The summed E-state index contributed by atoms with van der Waals surface area (Å²) in [4.78, 5) is 4.34. The average Bonchev–Trinajstić information content (AvgIpc) is 2.48. The molecule has 2 rings (SSSR count). The number of hydrogen-bond donors (Lipinski definition) is 1. The number of halogens is 2. The van der Waals surface area contributed by atoms with Crippen LogP contribution >= 0.6 is 23.2 Å². The van der Waals surface area contributed by atoms with E-state index >= 15 is 0 Å². The van der Waals surface area contributed by atoms with E-state index < -0.39 is 0 Å². The van der Waals surface area contributed by atoms with Gasteiger partial charge >= 0.3 is 0 Å². The standard InChI is InChI=1S/C9H9Cl2N3/c10-6-3-8(11)9-13-7(1-2-12)5-14(9)4-6/h3-5H,1-2,12H2. The van der Waals surface area contributed by atoms with E-state index in [4.69, 9.17) is 28.9 Å². The molecule has 5 heteroatoms. The summed E-state index contributed by atoms with van der Waals surface area (Å²) in [6.45, 7) is 0.579. The smallest absolute Gasteiger partial charge is 0.155 e. The first kappa shape index (κ1) is 9.77. The Morgan fingerprint density at radius 1 is 1.36 bits per heavy atom. The molecule has 0 aromatic carbocycles. The maximum absolute atomic E-state index is 5.98. The summed E-state index contributed by atoms with van der Waals surface area (Å²) in [5.41, 5.74) is 7.09. The largest absolute Gasteiger partial charge is 0.330 e. The van der Waals surface area contributed by atoms with Crippen LogP contribution in [0.3, 0.4) is 0 Å². The molecule has 0 amide bonds. The number of hydrogen-bond acceptors (Lipinski definition) is 2. The second-order valence-corrected chi connectivity index (χ2v) is 3.85. The van der Waals surface area contributed by atoms with Gasteiger partial charge in [0, 0.05) is 18.8 Å². The van der Waals surface area contributed by atoms with Crippen LogP contribution in [0.4, 0.5) is 0 Å². The normalized spacial score (nSPS) is 11.1. The van der Waals surface area contributed by atoms with Crippen LogP contribution in [0.25, 0.3) is 5.65 Å². The molecule has 2 N–H and O–H groups in total. The molecular formula is C9H9Cl2N3. The minimum atomic E-state index is 0.556. The fourth-order valence-corrected chi connectivity index (χ4v) is 1.87. The Balaban J connectivity index is 2.58. The van der Waals surface area contributed by atoms with Gasteiger partial charge in [0.2, 0.25) is 0 Å². The van der Waals surface area contributed by atoms with Crippen molar-refractivity contribution in [3.05, 3.63) is 34.2 Å². The van der Waals surface area contributed by atoms with Gasteiger partial charge in [0.25, 0.3) is 0 Å². The third kappa shape index (κ3) is 1.71. The van der Waals surface area contributed by atoms with Gasteiger partial charge in [-0.1, -0.05) is 23.2 Å². The van der Waals surface area contributed by atoms with Crippen LogP contribution in [0.5, 0.6) is 0 Å². The lowest BCUT2D eigenvalue weighted by Gasteiger charge is -1.95. The Bertz CT molecular complexity index is 464. The molecular weight excluding hydrogens is 221 g/mol. The highest BCUT2D eigenvalue weighted by atomic mass is 35.5. The molecule has 0 aliphatic rings. The minimum absolute atomic E-state index is 0.556. The number of aromatic nitrogens is 2. The van der Waals surface area contributed by atoms with Crippen LogP contribution in [0.15, 0.2) is 18.5 Å². The lowest BCUT2D eigenvalue weighted by Crippen LogP contribution is -2.02. The van der Waals surface area contributed by atoms with E-state index in [9.17, 15) is 0 Å². The molecule has 2 aromatic rings. The van der Waals surface area contributed by atoms with Crippen molar-refractivity contribution in [3.63, 3.8) is 0 Å². The maximum Gasteiger partial charge on any atom is 0.155 e. The zero-order chi connectivity index (χ0) is 10.1. The first-order chi connectivity index (χ1) is 6.70. The molecule has 0 saturated carbocycles. The Morgan fingerprint density at radius 2 is 2.14 bits per heavy atom. The van der Waals surface area contributed by atoms with E-state index in [0.29, 0.717) is 16.6 Å². The molecule has 0 bridgehead atoms. The number of nitrogens with two attached hydrogens (primary N) is 1. The molecule has 0 saturated heterocycles. The molecule has 0 unspecified atom stereocenters. The van der Waals surface area contributed by atoms with Gasteiger partial charge in [-0.05, 0) is 12.6 Å². The van der Waals surface area contributed by atoms with Crippen molar-refractivity contribution in [1.29, 1.82) is 0 Å². The molecule has 0 spiro atoms. The fraction of sp³-hybridized carbons (Fsp3) is 0.222. The fourth-order valence-electron chi connectivity index (χ4n) is 1.34. The van der Waals surface area contributed by atoms with Gasteiger partial charge in [-0.2, -0.15) is 0 Å². The van der Waals surface area contributed by atoms with Crippen LogP contribution in [0.1, 0.15) is 5.69 Å². The van der Waals surface area contributed by atoms with E-state index in [1.165, 1.54) is 0 Å². The first-order valence-electron chi connectivity index (χ1n) is 4.23. The minimum Gasteiger partial charge on any atom is -0.330 e. The van der Waals surface area contributed by atoms with Crippen molar-refractivity contribution >= 4 is 28.8 Å². The van der Waals surface area contributed by atoms with Gasteiger partial charge in [-0.15, -0.1) is 0 Å². The quantitative estimate of drug-likeness (QED) is 0.858. The summed E-state index contributed by atoms with van der Waals surface area (Å²) in [6, 6.07) is 1.68. The molecule has 0 fully saturated rings. The van der Waals surface area contributed by atoms with Crippen LogP contribution in [-0.2, 0) is 6.42 Å². The highest BCUT2D eigenvalue weighted by Gasteiger charge is 2.05. The SMILES string of the molecule is NCCc1cn2cc(Cl)cc(Cl)c2n1. The van der Waals surface area contributed by atoms with Gasteiger partial charge in [0.1, 0.15) is 0 Å². The van der Waals surface area contributed by atoms with Crippen molar-refractivity contribution in [2.24, 2.45) is 5.73 Å². The van der Waals surface area contributed by atoms with Crippen LogP contribution in [0.2, 0.25) is 10.0 Å². The lowest BCUT2D eigenvalue weighted by atomic mass is 10.3. The molecule has 3 nitrogen and oxygen atoms in total. The summed E-state index contributed by atoms with van der Waals surface area (Å²) >= 11 is 11.8. The molecule has 2 aromatic heterocycles. The molecule has 2 heterocycles. The van der Waals surface area contributed by atoms with E-state index in [1.807, 2.05) is 10.6 Å².